The van der Waals surface area contributed by atoms with Crippen LogP contribution in [0.3, 0.4) is 0 Å². The van der Waals surface area contributed by atoms with Gasteiger partial charge in [-0.3, -0.25) is 0 Å². The first kappa shape index (κ1) is 15.5. The Morgan fingerprint density at radius 2 is 1.86 bits per heavy atom. The summed E-state index contributed by atoms with van der Waals surface area (Å²) >= 11 is 0. The molecular weight excluding hydrogens is 267 g/mol. The normalized spacial score (nSPS) is 12.2. The van der Waals surface area contributed by atoms with Crippen LogP contribution in [-0.4, -0.2) is 5.11 Å². The average Bonchev–Trinajstić information content (AvgIpc) is 2.46. The number of hydrogen-bond donors (Lipinski definition) is 1. The molecular formula is C18H21FO2. The van der Waals surface area contributed by atoms with E-state index in [1.54, 1.807) is 12.1 Å². The van der Waals surface area contributed by atoms with Gasteiger partial charge in [0.25, 0.3) is 0 Å². The van der Waals surface area contributed by atoms with Gasteiger partial charge in [-0.1, -0.05) is 31.5 Å². The molecule has 3 heteroatoms. The third-order valence-electron chi connectivity index (χ3n) is 3.40. The van der Waals surface area contributed by atoms with Gasteiger partial charge < -0.3 is 9.84 Å². The largest absolute Gasteiger partial charge is 0.457 e. The number of rotatable bonds is 6. The minimum absolute atomic E-state index is 0.188. The second-order valence-electron chi connectivity index (χ2n) is 5.18. The van der Waals surface area contributed by atoms with E-state index in [-0.39, 0.29) is 5.56 Å². The van der Waals surface area contributed by atoms with Crippen molar-refractivity contribution in [3.05, 3.63) is 59.4 Å². The molecule has 0 aliphatic carbocycles. The van der Waals surface area contributed by atoms with Gasteiger partial charge in [-0.2, -0.15) is 0 Å². The lowest BCUT2D eigenvalue weighted by Crippen LogP contribution is -1.99. The Balaban J connectivity index is 2.17. The van der Waals surface area contributed by atoms with Crippen LogP contribution in [-0.2, 0) is 6.42 Å². The van der Waals surface area contributed by atoms with Gasteiger partial charge in [0.15, 0.2) is 0 Å². The number of aliphatic hydroxyl groups excluding tert-OH is 1. The molecule has 0 aliphatic rings. The van der Waals surface area contributed by atoms with Crippen molar-refractivity contribution in [2.45, 2.75) is 39.2 Å². The molecule has 2 aromatic carbocycles. The zero-order valence-electron chi connectivity index (χ0n) is 12.5. The van der Waals surface area contributed by atoms with E-state index in [0.29, 0.717) is 11.5 Å². The predicted octanol–water partition coefficient (Wildman–Crippen LogP) is 5.01. The quantitative estimate of drug-likeness (QED) is 0.809. The highest BCUT2D eigenvalue weighted by Gasteiger charge is 2.15. The number of unbranched alkanes of at least 4 members (excludes halogenated alkanes) is 1. The van der Waals surface area contributed by atoms with E-state index in [1.807, 2.05) is 24.3 Å². The van der Waals surface area contributed by atoms with Gasteiger partial charge in [0.2, 0.25) is 0 Å². The topological polar surface area (TPSA) is 29.5 Å². The molecule has 0 bridgehead atoms. The Hall–Kier alpha value is -1.87. The zero-order chi connectivity index (χ0) is 15.2. The third kappa shape index (κ3) is 4.05. The van der Waals surface area contributed by atoms with Crippen LogP contribution in [0.5, 0.6) is 11.5 Å². The van der Waals surface area contributed by atoms with Gasteiger partial charge in [0.05, 0.1) is 11.7 Å². The van der Waals surface area contributed by atoms with E-state index in [0.717, 1.165) is 12.8 Å². The molecule has 0 heterocycles. The van der Waals surface area contributed by atoms with Crippen molar-refractivity contribution in [3.8, 4) is 11.5 Å². The first-order chi connectivity index (χ1) is 10.1. The molecule has 2 rings (SSSR count). The van der Waals surface area contributed by atoms with E-state index < -0.39 is 11.9 Å². The number of aryl methyl sites for hydroxylation is 1. The monoisotopic (exact) mass is 288 g/mol. The maximum atomic E-state index is 13.8. The van der Waals surface area contributed by atoms with Crippen molar-refractivity contribution < 1.29 is 14.2 Å². The summed E-state index contributed by atoms with van der Waals surface area (Å²) in [7, 11) is 0. The van der Waals surface area contributed by atoms with Crippen LogP contribution in [0.4, 0.5) is 4.39 Å². The van der Waals surface area contributed by atoms with Crippen molar-refractivity contribution in [1.29, 1.82) is 0 Å². The molecule has 0 aliphatic heterocycles. The Morgan fingerprint density at radius 1 is 1.14 bits per heavy atom. The number of halogens is 1. The van der Waals surface area contributed by atoms with Gasteiger partial charge in [-0.15, -0.1) is 0 Å². The highest BCUT2D eigenvalue weighted by atomic mass is 19.1. The van der Waals surface area contributed by atoms with Crippen molar-refractivity contribution in [1.82, 2.24) is 0 Å². The molecule has 2 nitrogen and oxygen atoms in total. The maximum Gasteiger partial charge on any atom is 0.136 e. The average molecular weight is 288 g/mol. The summed E-state index contributed by atoms with van der Waals surface area (Å²) in [6, 6.07) is 12.4. The molecule has 112 valence electrons. The van der Waals surface area contributed by atoms with Gasteiger partial charge in [0.1, 0.15) is 17.3 Å². The van der Waals surface area contributed by atoms with Crippen LogP contribution >= 0.6 is 0 Å². The molecule has 0 saturated heterocycles. The molecule has 1 unspecified atom stereocenters. The van der Waals surface area contributed by atoms with Crippen molar-refractivity contribution in [2.24, 2.45) is 0 Å². The molecule has 0 amide bonds. The fourth-order valence-corrected chi connectivity index (χ4v) is 2.24. The maximum absolute atomic E-state index is 13.8. The number of ether oxygens (including phenoxy) is 1. The van der Waals surface area contributed by atoms with Crippen LogP contribution < -0.4 is 4.74 Å². The molecule has 1 atom stereocenters. The summed E-state index contributed by atoms with van der Waals surface area (Å²) in [5.74, 6) is 0.538. The molecule has 0 saturated carbocycles. The molecule has 0 aromatic heterocycles. The smallest absolute Gasteiger partial charge is 0.136 e. The Morgan fingerprint density at radius 3 is 2.48 bits per heavy atom. The minimum Gasteiger partial charge on any atom is -0.457 e. The van der Waals surface area contributed by atoms with E-state index in [2.05, 4.69) is 6.92 Å². The first-order valence-electron chi connectivity index (χ1n) is 7.35. The summed E-state index contributed by atoms with van der Waals surface area (Å²) in [6.07, 6.45) is 2.47. The van der Waals surface area contributed by atoms with E-state index in [4.69, 9.17) is 4.74 Å². The minimum atomic E-state index is -0.912. The van der Waals surface area contributed by atoms with Gasteiger partial charge in [0, 0.05) is 0 Å². The van der Waals surface area contributed by atoms with Crippen molar-refractivity contribution in [3.63, 3.8) is 0 Å². The summed E-state index contributed by atoms with van der Waals surface area (Å²) in [4.78, 5) is 0. The van der Waals surface area contributed by atoms with Gasteiger partial charge >= 0.3 is 0 Å². The fraction of sp³-hybridized carbons (Fsp3) is 0.333. The highest BCUT2D eigenvalue weighted by molar-refractivity contribution is 5.40. The van der Waals surface area contributed by atoms with Gasteiger partial charge in [-0.05, 0) is 49.6 Å². The SMILES string of the molecule is CCCCc1ccc(Oc2cccc(F)c2C(C)O)cc1. The number of benzene rings is 2. The van der Waals surface area contributed by atoms with Crippen LogP contribution in [0.15, 0.2) is 42.5 Å². The Kier molecular flexibility index (Phi) is 5.34. The highest BCUT2D eigenvalue weighted by Crippen LogP contribution is 2.31. The van der Waals surface area contributed by atoms with E-state index in [1.165, 1.54) is 25.0 Å². The lowest BCUT2D eigenvalue weighted by molar-refractivity contribution is 0.190. The first-order valence-corrected chi connectivity index (χ1v) is 7.35. The predicted molar refractivity (Wildman–Crippen MR) is 82.2 cm³/mol. The second-order valence-corrected chi connectivity index (χ2v) is 5.18. The molecule has 0 fully saturated rings. The lowest BCUT2D eigenvalue weighted by Gasteiger charge is -2.14. The van der Waals surface area contributed by atoms with Crippen molar-refractivity contribution in [2.75, 3.05) is 0 Å². The van der Waals surface area contributed by atoms with Crippen LogP contribution in [0.25, 0.3) is 0 Å². The molecule has 1 N–H and O–H groups in total. The summed E-state index contributed by atoms with van der Waals surface area (Å²) < 4.78 is 19.5. The van der Waals surface area contributed by atoms with E-state index in [9.17, 15) is 9.50 Å². The molecule has 0 spiro atoms. The van der Waals surface area contributed by atoms with Crippen LogP contribution in [0, 0.1) is 5.82 Å². The summed E-state index contributed by atoms with van der Waals surface area (Å²) in [5, 5.41) is 9.68. The Bertz CT molecular complexity index is 576. The number of hydrogen-bond acceptors (Lipinski definition) is 2. The lowest BCUT2D eigenvalue weighted by atomic mass is 10.1. The standard InChI is InChI=1S/C18H21FO2/c1-3-4-6-14-9-11-15(12-10-14)21-17-8-5-7-16(19)18(17)13(2)20/h5,7-13,20H,3-4,6H2,1-2H3. The van der Waals surface area contributed by atoms with Crippen molar-refractivity contribution >= 4 is 0 Å². The fourth-order valence-electron chi connectivity index (χ4n) is 2.24. The molecule has 0 radical (unpaired) electrons. The molecule has 21 heavy (non-hydrogen) atoms. The molecule has 2 aromatic rings. The third-order valence-corrected chi connectivity index (χ3v) is 3.40. The van der Waals surface area contributed by atoms with Crippen LogP contribution in [0.1, 0.15) is 43.9 Å². The van der Waals surface area contributed by atoms with Gasteiger partial charge in [-0.25, -0.2) is 4.39 Å². The summed E-state index contributed by atoms with van der Waals surface area (Å²) in [5.41, 5.74) is 1.45. The Labute approximate surface area is 125 Å². The zero-order valence-corrected chi connectivity index (χ0v) is 12.5. The summed E-state index contributed by atoms with van der Waals surface area (Å²) in [6.45, 7) is 3.69. The van der Waals surface area contributed by atoms with Crippen LogP contribution in [0.2, 0.25) is 0 Å². The number of aliphatic hydroxyl groups is 1. The second kappa shape index (κ2) is 7.23. The van der Waals surface area contributed by atoms with E-state index >= 15 is 0 Å².